The highest BCUT2D eigenvalue weighted by Gasteiger charge is 2.11. The number of aryl methyl sites for hydroxylation is 2. The fourth-order valence-electron chi connectivity index (χ4n) is 1.65. The van der Waals surface area contributed by atoms with Crippen LogP contribution in [0.5, 0.6) is 0 Å². The van der Waals surface area contributed by atoms with Gasteiger partial charge in [0.1, 0.15) is 5.82 Å². The number of hydrogen-bond donors (Lipinski definition) is 1. The molecule has 0 spiro atoms. The summed E-state index contributed by atoms with van der Waals surface area (Å²) in [5, 5.41) is 4.29. The maximum absolute atomic E-state index is 5.96. The molecule has 0 amide bonds. The van der Waals surface area contributed by atoms with Gasteiger partial charge in [-0.2, -0.15) is 5.10 Å². The third-order valence-electron chi connectivity index (χ3n) is 2.40. The Kier molecular flexibility index (Phi) is 3.99. The van der Waals surface area contributed by atoms with Crippen molar-refractivity contribution in [3.8, 4) is 11.1 Å². The smallest absolute Gasteiger partial charge is 0.129 e. The fourth-order valence-corrected chi connectivity index (χ4v) is 1.91. The van der Waals surface area contributed by atoms with Crippen LogP contribution in [0.4, 0.5) is 5.82 Å². The highest BCUT2D eigenvalue weighted by molar-refractivity contribution is 9.10. The predicted molar refractivity (Wildman–Crippen MR) is 72.7 cm³/mol. The molecule has 2 aromatic rings. The van der Waals surface area contributed by atoms with Crippen LogP contribution in [0.1, 0.15) is 5.69 Å². The molecule has 1 aromatic carbocycles. The van der Waals surface area contributed by atoms with E-state index in [2.05, 4.69) is 21.0 Å². The second-order valence-corrected chi connectivity index (χ2v) is 4.39. The van der Waals surface area contributed by atoms with Crippen molar-refractivity contribution in [3.63, 3.8) is 0 Å². The summed E-state index contributed by atoms with van der Waals surface area (Å²) in [6.45, 7) is 1.97. The molecule has 0 unspecified atom stereocenters. The summed E-state index contributed by atoms with van der Waals surface area (Å²) in [7, 11) is 1.85. The number of benzene rings is 1. The molecular weight excluding hydrogens is 289 g/mol. The Morgan fingerprint density at radius 1 is 1.25 bits per heavy atom. The van der Waals surface area contributed by atoms with Crippen molar-refractivity contribution in [2.24, 2.45) is 7.05 Å². The molecular formula is C11H13BrClN3. The second-order valence-electron chi connectivity index (χ2n) is 3.48. The summed E-state index contributed by atoms with van der Waals surface area (Å²) in [6, 6.07) is 8.07. The fraction of sp³-hybridized carbons (Fsp3) is 0.182. The lowest BCUT2D eigenvalue weighted by molar-refractivity contribution is 0.767. The number of nitrogen functional groups attached to an aromatic ring is 1. The Hall–Kier alpha value is -1.000. The SMILES string of the molecule is Cc1nn(C)c(N)c1-c1ccc(Br)cc1.Cl. The van der Waals surface area contributed by atoms with Crippen molar-refractivity contribution < 1.29 is 0 Å². The molecule has 0 saturated carbocycles. The van der Waals surface area contributed by atoms with E-state index in [-0.39, 0.29) is 12.4 Å². The van der Waals surface area contributed by atoms with E-state index in [9.17, 15) is 0 Å². The van der Waals surface area contributed by atoms with Gasteiger partial charge in [-0.3, -0.25) is 4.68 Å². The van der Waals surface area contributed by atoms with Gasteiger partial charge in [-0.15, -0.1) is 12.4 Å². The van der Waals surface area contributed by atoms with E-state index in [1.807, 2.05) is 38.2 Å². The highest BCUT2D eigenvalue weighted by atomic mass is 79.9. The maximum Gasteiger partial charge on any atom is 0.129 e. The molecule has 0 fully saturated rings. The first-order valence-corrected chi connectivity index (χ1v) is 5.44. The third kappa shape index (κ3) is 2.23. The number of rotatable bonds is 1. The van der Waals surface area contributed by atoms with Crippen molar-refractivity contribution in [3.05, 3.63) is 34.4 Å². The summed E-state index contributed by atoms with van der Waals surface area (Å²) in [6.07, 6.45) is 0. The van der Waals surface area contributed by atoms with E-state index in [4.69, 9.17) is 5.73 Å². The second kappa shape index (κ2) is 4.89. The van der Waals surface area contributed by atoms with Gasteiger partial charge in [-0.25, -0.2) is 0 Å². The minimum absolute atomic E-state index is 0. The Morgan fingerprint density at radius 2 is 1.81 bits per heavy atom. The molecule has 1 aromatic heterocycles. The molecule has 2 N–H and O–H groups in total. The molecule has 1 heterocycles. The van der Waals surface area contributed by atoms with E-state index >= 15 is 0 Å². The van der Waals surface area contributed by atoms with Gasteiger partial charge < -0.3 is 5.73 Å². The highest BCUT2D eigenvalue weighted by Crippen LogP contribution is 2.29. The third-order valence-corrected chi connectivity index (χ3v) is 2.93. The average molecular weight is 303 g/mol. The minimum Gasteiger partial charge on any atom is -0.383 e. The van der Waals surface area contributed by atoms with Crippen molar-refractivity contribution in [2.45, 2.75) is 6.92 Å². The van der Waals surface area contributed by atoms with Crippen molar-refractivity contribution in [1.29, 1.82) is 0 Å². The first-order chi connectivity index (χ1) is 7.09. The summed E-state index contributed by atoms with van der Waals surface area (Å²) in [4.78, 5) is 0. The van der Waals surface area contributed by atoms with Gasteiger partial charge in [0.15, 0.2) is 0 Å². The Morgan fingerprint density at radius 3 is 2.25 bits per heavy atom. The van der Waals surface area contributed by atoms with Gasteiger partial charge in [-0.05, 0) is 24.6 Å². The van der Waals surface area contributed by atoms with Gasteiger partial charge in [-0.1, -0.05) is 28.1 Å². The molecule has 0 bridgehead atoms. The molecule has 16 heavy (non-hydrogen) atoms. The van der Waals surface area contributed by atoms with E-state index in [0.717, 1.165) is 21.3 Å². The molecule has 2 rings (SSSR count). The van der Waals surface area contributed by atoms with Crippen LogP contribution in [0.3, 0.4) is 0 Å². The molecule has 0 saturated heterocycles. The van der Waals surface area contributed by atoms with Gasteiger partial charge in [0, 0.05) is 17.1 Å². The average Bonchev–Trinajstić information content (AvgIpc) is 2.44. The largest absolute Gasteiger partial charge is 0.383 e. The lowest BCUT2D eigenvalue weighted by Gasteiger charge is -2.01. The summed E-state index contributed by atoms with van der Waals surface area (Å²) < 4.78 is 2.76. The summed E-state index contributed by atoms with van der Waals surface area (Å²) in [5.74, 6) is 0.704. The molecule has 0 aliphatic carbocycles. The zero-order valence-electron chi connectivity index (χ0n) is 9.07. The lowest BCUT2D eigenvalue weighted by Crippen LogP contribution is -1.97. The van der Waals surface area contributed by atoms with Crippen molar-refractivity contribution >= 4 is 34.2 Å². The van der Waals surface area contributed by atoms with Crippen LogP contribution in [0.25, 0.3) is 11.1 Å². The van der Waals surface area contributed by atoms with E-state index in [0.29, 0.717) is 5.82 Å². The van der Waals surface area contributed by atoms with Crippen molar-refractivity contribution in [2.75, 3.05) is 5.73 Å². The monoisotopic (exact) mass is 301 g/mol. The Bertz CT molecular complexity index is 491. The number of nitrogens with zero attached hydrogens (tertiary/aromatic N) is 2. The molecule has 0 atom stereocenters. The standard InChI is InChI=1S/C11H12BrN3.ClH/c1-7-10(11(13)15(2)14-7)8-3-5-9(12)6-4-8;/h3-6H,13H2,1-2H3;1H. The van der Waals surface area contributed by atoms with Crippen LogP contribution in [-0.4, -0.2) is 9.78 Å². The zero-order chi connectivity index (χ0) is 11.0. The predicted octanol–water partition coefficient (Wildman–Crippen LogP) is 3.16. The minimum atomic E-state index is 0. The van der Waals surface area contributed by atoms with Gasteiger partial charge in [0.2, 0.25) is 0 Å². The zero-order valence-corrected chi connectivity index (χ0v) is 11.5. The van der Waals surface area contributed by atoms with Crippen LogP contribution < -0.4 is 5.73 Å². The van der Waals surface area contributed by atoms with Gasteiger partial charge in [0.25, 0.3) is 0 Å². The van der Waals surface area contributed by atoms with Gasteiger partial charge in [0.05, 0.1) is 5.69 Å². The summed E-state index contributed by atoms with van der Waals surface area (Å²) >= 11 is 3.41. The molecule has 0 aliphatic rings. The van der Waals surface area contributed by atoms with E-state index in [1.54, 1.807) is 4.68 Å². The number of nitrogens with two attached hydrogens (primary N) is 1. The normalized spacial score (nSPS) is 9.94. The summed E-state index contributed by atoms with van der Waals surface area (Å²) in [5.41, 5.74) is 9.04. The van der Waals surface area contributed by atoms with E-state index < -0.39 is 0 Å². The van der Waals surface area contributed by atoms with Crippen LogP contribution in [-0.2, 0) is 7.05 Å². The Labute approximate surface area is 109 Å². The molecule has 86 valence electrons. The molecule has 0 radical (unpaired) electrons. The van der Waals surface area contributed by atoms with E-state index in [1.165, 1.54) is 0 Å². The number of aromatic nitrogens is 2. The number of hydrogen-bond acceptors (Lipinski definition) is 2. The van der Waals surface area contributed by atoms with Crippen molar-refractivity contribution in [1.82, 2.24) is 9.78 Å². The van der Waals surface area contributed by atoms with Crippen LogP contribution in [0.15, 0.2) is 28.7 Å². The lowest BCUT2D eigenvalue weighted by atomic mass is 10.1. The molecule has 3 nitrogen and oxygen atoms in total. The molecule has 5 heteroatoms. The van der Waals surface area contributed by atoms with Gasteiger partial charge >= 0.3 is 0 Å². The quantitative estimate of drug-likeness (QED) is 0.879. The molecule has 0 aliphatic heterocycles. The topological polar surface area (TPSA) is 43.8 Å². The first-order valence-electron chi connectivity index (χ1n) is 4.64. The first kappa shape index (κ1) is 13.1. The van der Waals surface area contributed by atoms with Crippen LogP contribution in [0.2, 0.25) is 0 Å². The van der Waals surface area contributed by atoms with Crippen LogP contribution >= 0.6 is 28.3 Å². The number of anilines is 1. The maximum atomic E-state index is 5.96. The number of halogens is 2. The van der Waals surface area contributed by atoms with Crippen LogP contribution in [0, 0.1) is 6.92 Å². The Balaban J connectivity index is 0.00000128.